The van der Waals surface area contributed by atoms with Crippen molar-refractivity contribution < 1.29 is 0 Å². The Labute approximate surface area is 267 Å². The number of hydrogen-bond donors (Lipinski definition) is 0. The SMILES string of the molecule is C1=CC2c3cc4c5ccc(-c6ccccc6)cc5c(-c5ccc6ccccc6n5)cc4c4ccc(-c5ccccc5)c(c34)C2C=C1. The zero-order chi connectivity index (χ0) is 30.2. The molecule has 1 nitrogen and oxygen atoms in total. The van der Waals surface area contributed by atoms with Crippen LogP contribution in [0.1, 0.15) is 23.0 Å². The summed E-state index contributed by atoms with van der Waals surface area (Å²) in [6.07, 6.45) is 9.27. The fourth-order valence-corrected chi connectivity index (χ4v) is 8.10. The fraction of sp³-hybridized carbons (Fsp3) is 0.0444. The Hall–Kier alpha value is -5.79. The van der Waals surface area contributed by atoms with Crippen LogP contribution in [0.3, 0.4) is 0 Å². The van der Waals surface area contributed by atoms with E-state index in [1.165, 1.54) is 71.3 Å². The average Bonchev–Trinajstić information content (AvgIpc) is 3.46. The van der Waals surface area contributed by atoms with E-state index in [4.69, 9.17) is 4.98 Å². The average molecular weight is 584 g/mol. The van der Waals surface area contributed by atoms with E-state index in [0.717, 1.165) is 16.6 Å². The van der Waals surface area contributed by atoms with Crippen molar-refractivity contribution in [3.63, 3.8) is 0 Å². The molecule has 2 atom stereocenters. The number of rotatable bonds is 3. The van der Waals surface area contributed by atoms with Crippen LogP contribution in [-0.2, 0) is 0 Å². The summed E-state index contributed by atoms with van der Waals surface area (Å²) >= 11 is 0. The van der Waals surface area contributed by atoms with Crippen molar-refractivity contribution in [1.82, 2.24) is 4.98 Å². The highest BCUT2D eigenvalue weighted by Gasteiger charge is 2.35. The van der Waals surface area contributed by atoms with E-state index in [-0.39, 0.29) is 0 Å². The summed E-state index contributed by atoms with van der Waals surface area (Å²) in [5.74, 6) is 0.658. The summed E-state index contributed by atoms with van der Waals surface area (Å²) < 4.78 is 0. The van der Waals surface area contributed by atoms with Gasteiger partial charge >= 0.3 is 0 Å². The largest absolute Gasteiger partial charge is 0.248 e. The first-order valence-corrected chi connectivity index (χ1v) is 16.1. The second-order valence-electron chi connectivity index (χ2n) is 12.6. The normalized spacial score (nSPS) is 16.5. The third-order valence-corrected chi connectivity index (χ3v) is 10.2. The highest BCUT2D eigenvalue weighted by Crippen LogP contribution is 2.55. The van der Waals surface area contributed by atoms with E-state index in [1.807, 2.05) is 0 Å². The van der Waals surface area contributed by atoms with E-state index in [9.17, 15) is 0 Å². The van der Waals surface area contributed by atoms with Gasteiger partial charge in [-0.05, 0) is 96.0 Å². The van der Waals surface area contributed by atoms with Crippen LogP contribution in [0.4, 0.5) is 0 Å². The predicted octanol–water partition coefficient (Wildman–Crippen LogP) is 12.0. The molecule has 2 aliphatic carbocycles. The first-order valence-electron chi connectivity index (χ1n) is 16.1. The smallest absolute Gasteiger partial charge is 0.0716 e. The van der Waals surface area contributed by atoms with Crippen molar-refractivity contribution in [2.24, 2.45) is 0 Å². The molecular formula is C45H29N. The van der Waals surface area contributed by atoms with Gasteiger partial charge in [0.05, 0.1) is 11.2 Å². The van der Waals surface area contributed by atoms with Crippen LogP contribution in [0.2, 0.25) is 0 Å². The van der Waals surface area contributed by atoms with Gasteiger partial charge in [-0.2, -0.15) is 0 Å². The standard InChI is InChI=1S/C45H29N/c1-3-11-28(12-4-1)31-19-21-34-37(25-31)40(43-24-20-30-15-7-10-18-42(30)46-43)26-39-36-23-22-32(29-13-5-2-6-14-29)44-35-17-9-8-16-33(35)41(45(36)44)27-38(34)39/h1-27,33,35H. The van der Waals surface area contributed by atoms with Gasteiger partial charge in [0.15, 0.2) is 0 Å². The Morgan fingerprint density at radius 3 is 2.00 bits per heavy atom. The van der Waals surface area contributed by atoms with Gasteiger partial charge in [-0.15, -0.1) is 0 Å². The van der Waals surface area contributed by atoms with E-state index < -0.39 is 0 Å². The number of pyridine rings is 1. The summed E-state index contributed by atoms with van der Waals surface area (Å²) in [5.41, 5.74) is 11.1. The molecule has 0 spiro atoms. The molecule has 0 saturated heterocycles. The van der Waals surface area contributed by atoms with E-state index >= 15 is 0 Å². The predicted molar refractivity (Wildman–Crippen MR) is 194 cm³/mol. The van der Waals surface area contributed by atoms with Crippen molar-refractivity contribution in [2.75, 3.05) is 0 Å². The molecule has 1 heterocycles. The van der Waals surface area contributed by atoms with Gasteiger partial charge in [0, 0.05) is 22.8 Å². The van der Waals surface area contributed by atoms with Crippen molar-refractivity contribution >= 4 is 43.2 Å². The molecule has 0 saturated carbocycles. The number of fused-ring (bicyclic) bond motifs is 8. The molecule has 0 amide bonds. The first kappa shape index (κ1) is 25.5. The van der Waals surface area contributed by atoms with Crippen LogP contribution in [0.25, 0.3) is 76.7 Å². The van der Waals surface area contributed by atoms with Crippen LogP contribution in [0.15, 0.2) is 164 Å². The minimum atomic E-state index is 0.327. The van der Waals surface area contributed by atoms with Crippen LogP contribution in [0.5, 0.6) is 0 Å². The Morgan fingerprint density at radius 2 is 1.15 bits per heavy atom. The van der Waals surface area contributed by atoms with Gasteiger partial charge in [-0.3, -0.25) is 0 Å². The molecule has 46 heavy (non-hydrogen) atoms. The second kappa shape index (κ2) is 9.86. The highest BCUT2D eigenvalue weighted by molar-refractivity contribution is 6.23. The Balaban J connectivity index is 1.33. The minimum absolute atomic E-state index is 0.327. The lowest BCUT2D eigenvalue weighted by atomic mass is 9.84. The van der Waals surface area contributed by atoms with E-state index in [2.05, 4.69) is 164 Å². The molecule has 1 heteroatoms. The molecule has 2 aliphatic rings. The van der Waals surface area contributed by atoms with E-state index in [1.54, 1.807) is 0 Å². The molecule has 214 valence electrons. The summed E-state index contributed by atoms with van der Waals surface area (Å²) in [7, 11) is 0. The topological polar surface area (TPSA) is 12.9 Å². The molecular weight excluding hydrogens is 555 g/mol. The first-order chi connectivity index (χ1) is 22.8. The number of aromatic nitrogens is 1. The molecule has 0 bridgehead atoms. The molecule has 8 aromatic rings. The maximum absolute atomic E-state index is 5.23. The lowest BCUT2D eigenvalue weighted by Gasteiger charge is -2.19. The maximum atomic E-state index is 5.23. The van der Waals surface area contributed by atoms with Gasteiger partial charge < -0.3 is 0 Å². The summed E-state index contributed by atoms with van der Waals surface area (Å²) in [5, 5.41) is 9.00. The quantitative estimate of drug-likeness (QED) is 0.189. The Morgan fingerprint density at radius 1 is 0.435 bits per heavy atom. The molecule has 0 N–H and O–H groups in total. The lowest BCUT2D eigenvalue weighted by molar-refractivity contribution is 0.770. The number of para-hydroxylation sites is 1. The maximum Gasteiger partial charge on any atom is 0.0716 e. The van der Waals surface area contributed by atoms with Crippen LogP contribution in [0, 0.1) is 0 Å². The highest BCUT2D eigenvalue weighted by atomic mass is 14.7. The Bertz CT molecular complexity index is 2570. The van der Waals surface area contributed by atoms with Crippen molar-refractivity contribution in [2.45, 2.75) is 11.8 Å². The summed E-state index contributed by atoms with van der Waals surface area (Å²) in [6, 6.07) is 51.0. The Kier molecular flexibility index (Phi) is 5.47. The lowest BCUT2D eigenvalue weighted by Crippen LogP contribution is -2.03. The van der Waals surface area contributed by atoms with Crippen molar-refractivity contribution in [3.05, 3.63) is 175 Å². The number of hydrogen-bond acceptors (Lipinski definition) is 1. The number of allylic oxidation sites excluding steroid dienone is 4. The van der Waals surface area contributed by atoms with Gasteiger partial charge in [0.1, 0.15) is 0 Å². The molecule has 0 aliphatic heterocycles. The fourth-order valence-electron chi connectivity index (χ4n) is 8.10. The molecule has 0 radical (unpaired) electrons. The third-order valence-electron chi connectivity index (χ3n) is 10.2. The van der Waals surface area contributed by atoms with Crippen molar-refractivity contribution in [1.29, 1.82) is 0 Å². The molecule has 1 aromatic heterocycles. The van der Waals surface area contributed by atoms with E-state index in [0.29, 0.717) is 11.8 Å². The number of benzene rings is 7. The zero-order valence-electron chi connectivity index (χ0n) is 25.2. The summed E-state index contributed by atoms with van der Waals surface area (Å²) in [6.45, 7) is 0. The molecule has 2 unspecified atom stereocenters. The van der Waals surface area contributed by atoms with Gasteiger partial charge in [0.2, 0.25) is 0 Å². The van der Waals surface area contributed by atoms with Gasteiger partial charge in [0.25, 0.3) is 0 Å². The van der Waals surface area contributed by atoms with Gasteiger partial charge in [-0.1, -0.05) is 133 Å². The van der Waals surface area contributed by atoms with Crippen LogP contribution >= 0.6 is 0 Å². The molecule has 7 aromatic carbocycles. The van der Waals surface area contributed by atoms with Crippen LogP contribution in [-0.4, -0.2) is 4.98 Å². The zero-order valence-corrected chi connectivity index (χ0v) is 25.2. The second-order valence-corrected chi connectivity index (χ2v) is 12.6. The minimum Gasteiger partial charge on any atom is -0.248 e. The number of nitrogens with zero attached hydrogens (tertiary/aromatic N) is 1. The molecule has 0 fully saturated rings. The van der Waals surface area contributed by atoms with Crippen molar-refractivity contribution in [3.8, 4) is 33.5 Å². The third kappa shape index (κ3) is 3.72. The van der Waals surface area contributed by atoms with Gasteiger partial charge in [-0.25, -0.2) is 4.98 Å². The van der Waals surface area contributed by atoms with Crippen LogP contribution < -0.4 is 0 Å². The molecule has 10 rings (SSSR count). The monoisotopic (exact) mass is 583 g/mol. The summed E-state index contributed by atoms with van der Waals surface area (Å²) in [4.78, 5) is 5.23.